The number of halogens is 1. The summed E-state index contributed by atoms with van der Waals surface area (Å²) in [5.74, 6) is -0.685. The van der Waals surface area contributed by atoms with E-state index < -0.39 is 0 Å². The number of fused-ring (bicyclic) bond motifs is 1. The molecule has 5 nitrogen and oxygen atoms in total. The van der Waals surface area contributed by atoms with E-state index in [9.17, 15) is 14.0 Å². The van der Waals surface area contributed by atoms with Crippen molar-refractivity contribution in [2.45, 2.75) is 13.8 Å². The molecular weight excluding hydrogens is 369 g/mol. The van der Waals surface area contributed by atoms with Crippen molar-refractivity contribution in [3.8, 4) is 0 Å². The van der Waals surface area contributed by atoms with Gasteiger partial charge in [0, 0.05) is 49.1 Å². The molecule has 0 bridgehead atoms. The van der Waals surface area contributed by atoms with Crippen LogP contribution in [0, 0.1) is 19.7 Å². The van der Waals surface area contributed by atoms with Gasteiger partial charge in [0.05, 0.1) is 5.70 Å². The highest BCUT2D eigenvalue weighted by Gasteiger charge is 2.35. The first-order valence-electron chi connectivity index (χ1n) is 9.76. The molecule has 1 fully saturated rings. The highest BCUT2D eigenvalue weighted by atomic mass is 19.1. The standard InChI is InChI=1S/C23H24FN3O2/c1-15-12-19-20(13-16(15)2)23(29)27(18-6-4-17(24)5-7-18)21(19)14-22(28)26-10-8-25(3)9-11-26/h4-7,12-14H,8-11H2,1-3H3. The lowest BCUT2D eigenvalue weighted by Crippen LogP contribution is -2.46. The van der Waals surface area contributed by atoms with Crippen LogP contribution in [0.1, 0.15) is 27.0 Å². The summed E-state index contributed by atoms with van der Waals surface area (Å²) in [5.41, 5.74) is 4.46. The van der Waals surface area contributed by atoms with Crippen LogP contribution in [0.25, 0.3) is 5.70 Å². The lowest BCUT2D eigenvalue weighted by atomic mass is 10.00. The monoisotopic (exact) mass is 393 g/mol. The summed E-state index contributed by atoms with van der Waals surface area (Å²) in [6.45, 7) is 6.91. The van der Waals surface area contributed by atoms with Crippen molar-refractivity contribution in [2.24, 2.45) is 0 Å². The number of anilines is 1. The molecule has 6 heteroatoms. The van der Waals surface area contributed by atoms with E-state index in [-0.39, 0.29) is 17.6 Å². The van der Waals surface area contributed by atoms with E-state index in [0.717, 1.165) is 29.8 Å². The molecule has 2 aliphatic rings. The Kier molecular flexibility index (Phi) is 4.96. The van der Waals surface area contributed by atoms with Gasteiger partial charge in [0.15, 0.2) is 0 Å². The second-order valence-corrected chi connectivity index (χ2v) is 7.76. The zero-order valence-corrected chi connectivity index (χ0v) is 16.9. The number of rotatable bonds is 2. The van der Waals surface area contributed by atoms with Crippen LogP contribution in [0.5, 0.6) is 0 Å². The minimum absolute atomic E-state index is 0.112. The van der Waals surface area contributed by atoms with E-state index in [1.165, 1.54) is 17.0 Å². The summed E-state index contributed by atoms with van der Waals surface area (Å²) >= 11 is 0. The van der Waals surface area contributed by atoms with Gasteiger partial charge in [0.2, 0.25) is 5.91 Å². The summed E-state index contributed by atoms with van der Waals surface area (Å²) in [5, 5.41) is 0. The Morgan fingerprint density at radius 1 is 0.966 bits per heavy atom. The van der Waals surface area contributed by atoms with Crippen molar-refractivity contribution in [2.75, 3.05) is 38.1 Å². The third-order valence-electron chi connectivity index (χ3n) is 5.74. The van der Waals surface area contributed by atoms with Crippen molar-refractivity contribution in [1.29, 1.82) is 0 Å². The number of likely N-dealkylation sites (N-methyl/N-ethyl adjacent to an activating group) is 1. The molecule has 0 N–H and O–H groups in total. The fourth-order valence-electron chi connectivity index (χ4n) is 3.78. The normalized spacial score (nSPS) is 18.5. The van der Waals surface area contributed by atoms with Crippen LogP contribution in [0.15, 0.2) is 42.5 Å². The first-order chi connectivity index (χ1) is 13.8. The Morgan fingerprint density at radius 2 is 1.55 bits per heavy atom. The number of hydrogen-bond donors (Lipinski definition) is 0. The SMILES string of the molecule is Cc1cc2c(cc1C)C(=CC(=O)N1CCN(C)CC1)N(c1ccc(F)cc1)C2=O. The second kappa shape index (κ2) is 7.44. The summed E-state index contributed by atoms with van der Waals surface area (Å²) in [6, 6.07) is 9.59. The van der Waals surface area contributed by atoms with Crippen LogP contribution in [0.3, 0.4) is 0 Å². The smallest absolute Gasteiger partial charge is 0.263 e. The van der Waals surface area contributed by atoms with Gasteiger partial charge in [-0.1, -0.05) is 0 Å². The number of piperazine rings is 1. The van der Waals surface area contributed by atoms with Gasteiger partial charge in [-0.25, -0.2) is 4.39 Å². The Morgan fingerprint density at radius 3 is 2.17 bits per heavy atom. The number of hydrogen-bond acceptors (Lipinski definition) is 3. The summed E-state index contributed by atoms with van der Waals surface area (Å²) in [7, 11) is 2.04. The second-order valence-electron chi connectivity index (χ2n) is 7.76. The maximum atomic E-state index is 13.4. The maximum Gasteiger partial charge on any atom is 0.263 e. The van der Waals surface area contributed by atoms with Crippen LogP contribution in [-0.4, -0.2) is 54.8 Å². The molecular formula is C23H24FN3O2. The predicted molar refractivity (Wildman–Crippen MR) is 111 cm³/mol. The van der Waals surface area contributed by atoms with Crippen LogP contribution < -0.4 is 4.90 Å². The molecule has 0 saturated carbocycles. The molecule has 0 aromatic heterocycles. The predicted octanol–water partition coefficient (Wildman–Crippen LogP) is 3.22. The summed E-state index contributed by atoms with van der Waals surface area (Å²) in [6.07, 6.45) is 1.55. The van der Waals surface area contributed by atoms with Crippen molar-refractivity contribution >= 4 is 23.2 Å². The molecule has 0 aliphatic carbocycles. The van der Waals surface area contributed by atoms with Crippen LogP contribution in [0.4, 0.5) is 10.1 Å². The lowest BCUT2D eigenvalue weighted by molar-refractivity contribution is -0.127. The molecule has 4 rings (SSSR count). The van der Waals surface area contributed by atoms with E-state index in [0.29, 0.717) is 30.0 Å². The number of carbonyl (C=O) groups excluding carboxylic acids is 2. The van der Waals surface area contributed by atoms with E-state index in [1.807, 2.05) is 33.0 Å². The number of aryl methyl sites for hydroxylation is 2. The van der Waals surface area contributed by atoms with E-state index >= 15 is 0 Å². The number of amides is 2. The minimum atomic E-state index is -0.372. The van der Waals surface area contributed by atoms with Crippen LogP contribution >= 0.6 is 0 Å². The molecule has 2 heterocycles. The molecule has 2 aliphatic heterocycles. The largest absolute Gasteiger partial charge is 0.337 e. The average molecular weight is 393 g/mol. The third kappa shape index (κ3) is 3.56. The van der Waals surface area contributed by atoms with Gasteiger partial charge in [0.25, 0.3) is 5.91 Å². The lowest BCUT2D eigenvalue weighted by Gasteiger charge is -2.32. The average Bonchev–Trinajstić information content (AvgIpc) is 2.95. The van der Waals surface area contributed by atoms with Crippen LogP contribution in [-0.2, 0) is 4.79 Å². The Hall–Kier alpha value is -2.99. The molecule has 0 unspecified atom stereocenters. The van der Waals surface area contributed by atoms with Gasteiger partial charge in [-0.3, -0.25) is 14.5 Å². The topological polar surface area (TPSA) is 43.9 Å². The summed E-state index contributed by atoms with van der Waals surface area (Å²) < 4.78 is 13.4. The van der Waals surface area contributed by atoms with Crippen LogP contribution in [0.2, 0.25) is 0 Å². The van der Waals surface area contributed by atoms with Gasteiger partial charge in [-0.15, -0.1) is 0 Å². The van der Waals surface area contributed by atoms with Gasteiger partial charge in [0.1, 0.15) is 5.82 Å². The molecule has 29 heavy (non-hydrogen) atoms. The van der Waals surface area contributed by atoms with Gasteiger partial charge >= 0.3 is 0 Å². The van der Waals surface area contributed by atoms with Crippen molar-refractivity contribution < 1.29 is 14.0 Å². The van der Waals surface area contributed by atoms with E-state index in [1.54, 1.807) is 23.1 Å². The molecule has 1 saturated heterocycles. The number of carbonyl (C=O) groups is 2. The molecule has 0 atom stereocenters. The quantitative estimate of drug-likeness (QED) is 0.736. The Bertz CT molecular complexity index is 1010. The first-order valence-corrected chi connectivity index (χ1v) is 9.76. The van der Waals surface area contributed by atoms with Crippen molar-refractivity contribution in [1.82, 2.24) is 9.80 Å². The molecule has 0 spiro atoms. The van der Waals surface area contributed by atoms with Gasteiger partial charge in [-0.2, -0.15) is 0 Å². The minimum Gasteiger partial charge on any atom is -0.337 e. The zero-order valence-electron chi connectivity index (χ0n) is 16.9. The van der Waals surface area contributed by atoms with Crippen molar-refractivity contribution in [3.63, 3.8) is 0 Å². The third-order valence-corrected chi connectivity index (χ3v) is 5.74. The number of nitrogens with zero attached hydrogens (tertiary/aromatic N) is 3. The van der Waals surface area contributed by atoms with Gasteiger partial charge in [-0.05, 0) is 68.4 Å². The highest BCUT2D eigenvalue weighted by molar-refractivity contribution is 6.24. The molecule has 2 amide bonds. The van der Waals surface area contributed by atoms with E-state index in [2.05, 4.69) is 4.90 Å². The summed E-state index contributed by atoms with van der Waals surface area (Å²) in [4.78, 5) is 31.7. The van der Waals surface area contributed by atoms with Gasteiger partial charge < -0.3 is 9.80 Å². The molecule has 150 valence electrons. The van der Waals surface area contributed by atoms with Crippen molar-refractivity contribution in [3.05, 3.63) is 70.5 Å². The Labute approximate surface area is 170 Å². The highest BCUT2D eigenvalue weighted by Crippen LogP contribution is 2.38. The Balaban J connectivity index is 1.78. The maximum absolute atomic E-state index is 13.4. The first kappa shape index (κ1) is 19.3. The molecule has 2 aromatic carbocycles. The van der Waals surface area contributed by atoms with E-state index in [4.69, 9.17) is 0 Å². The zero-order chi connectivity index (χ0) is 20.7. The fraction of sp³-hybridized carbons (Fsp3) is 0.304. The fourth-order valence-corrected chi connectivity index (χ4v) is 3.78. The molecule has 0 radical (unpaired) electrons. The molecule has 2 aromatic rings. The number of benzene rings is 2.